The van der Waals surface area contributed by atoms with E-state index in [2.05, 4.69) is 24.2 Å². The fourth-order valence-electron chi connectivity index (χ4n) is 3.61. The van der Waals surface area contributed by atoms with Crippen molar-refractivity contribution >= 4 is 10.0 Å². The first kappa shape index (κ1) is 17.2. The van der Waals surface area contributed by atoms with Crippen LogP contribution in [0.25, 0.3) is 0 Å². The molecule has 0 aromatic heterocycles. The number of likely N-dealkylation sites (tertiary alicyclic amines) is 1. The second-order valence-corrected chi connectivity index (χ2v) is 8.95. The fraction of sp³-hybridized carbons (Fsp3) is 1.00. The summed E-state index contributed by atoms with van der Waals surface area (Å²) in [6.07, 6.45) is 4.47. The molecule has 2 rings (SSSR count). The molecule has 2 fully saturated rings. The largest absolute Gasteiger partial charge is 0.311 e. The average Bonchev–Trinajstić information content (AvgIpc) is 2.48. The minimum absolute atomic E-state index is 0.218. The molecule has 0 saturated carbocycles. The number of nitrogens with zero attached hydrogens (tertiary/aromatic N) is 2. The van der Waals surface area contributed by atoms with Crippen LogP contribution in [0.2, 0.25) is 0 Å². The van der Waals surface area contributed by atoms with Crippen LogP contribution >= 0.6 is 0 Å². The first-order chi connectivity index (χ1) is 9.92. The summed E-state index contributed by atoms with van der Waals surface area (Å²) in [4.78, 5) is 2.42. The maximum atomic E-state index is 11.9. The molecule has 2 aliphatic rings. The molecule has 0 aromatic rings. The Labute approximate surface area is 130 Å². The van der Waals surface area contributed by atoms with Crippen molar-refractivity contribution in [3.8, 4) is 0 Å². The van der Waals surface area contributed by atoms with Gasteiger partial charge in [-0.15, -0.1) is 0 Å². The minimum atomic E-state index is -3.00. The zero-order valence-electron chi connectivity index (χ0n) is 13.7. The van der Waals surface area contributed by atoms with E-state index in [1.807, 2.05) is 0 Å². The van der Waals surface area contributed by atoms with Crippen LogP contribution in [0.3, 0.4) is 0 Å². The van der Waals surface area contributed by atoms with Crippen LogP contribution in [-0.2, 0) is 10.0 Å². The van der Waals surface area contributed by atoms with Gasteiger partial charge < -0.3 is 10.2 Å². The SMILES string of the molecule is CCS(=O)(=O)N1CCC(NC(C)C2CCCN(C)C2)CC1. The Morgan fingerprint density at radius 1 is 1.19 bits per heavy atom. The van der Waals surface area contributed by atoms with E-state index >= 15 is 0 Å². The minimum Gasteiger partial charge on any atom is -0.311 e. The third-order valence-electron chi connectivity index (χ3n) is 5.08. The zero-order chi connectivity index (χ0) is 15.5. The topological polar surface area (TPSA) is 52.7 Å². The Kier molecular flexibility index (Phi) is 6.05. The Morgan fingerprint density at radius 3 is 2.43 bits per heavy atom. The summed E-state index contributed by atoms with van der Waals surface area (Å²) < 4.78 is 25.4. The summed E-state index contributed by atoms with van der Waals surface area (Å²) in [5, 5.41) is 3.75. The smallest absolute Gasteiger partial charge is 0.213 e. The van der Waals surface area contributed by atoms with Crippen molar-refractivity contribution in [1.82, 2.24) is 14.5 Å². The van der Waals surface area contributed by atoms with Crippen LogP contribution in [0.15, 0.2) is 0 Å². The molecule has 0 bridgehead atoms. The number of hydrogen-bond donors (Lipinski definition) is 1. The highest BCUT2D eigenvalue weighted by molar-refractivity contribution is 7.89. The average molecular weight is 317 g/mol. The van der Waals surface area contributed by atoms with Crippen molar-refractivity contribution in [3.05, 3.63) is 0 Å². The van der Waals surface area contributed by atoms with Gasteiger partial charge in [-0.05, 0) is 59.0 Å². The van der Waals surface area contributed by atoms with E-state index in [0.29, 0.717) is 25.2 Å². The maximum absolute atomic E-state index is 11.9. The lowest BCUT2D eigenvalue weighted by Gasteiger charge is -2.38. The third-order valence-corrected chi connectivity index (χ3v) is 6.96. The van der Waals surface area contributed by atoms with E-state index in [9.17, 15) is 8.42 Å². The Balaban J connectivity index is 1.78. The summed E-state index contributed by atoms with van der Waals surface area (Å²) in [7, 11) is -0.801. The lowest BCUT2D eigenvalue weighted by molar-refractivity contribution is 0.164. The van der Waals surface area contributed by atoms with Crippen molar-refractivity contribution in [3.63, 3.8) is 0 Å². The van der Waals surface area contributed by atoms with E-state index in [-0.39, 0.29) is 5.75 Å². The molecule has 0 spiro atoms. The maximum Gasteiger partial charge on any atom is 0.213 e. The van der Waals surface area contributed by atoms with Gasteiger partial charge in [-0.2, -0.15) is 0 Å². The van der Waals surface area contributed by atoms with Crippen LogP contribution in [0.5, 0.6) is 0 Å². The second kappa shape index (κ2) is 7.40. The van der Waals surface area contributed by atoms with Gasteiger partial charge in [0.1, 0.15) is 0 Å². The summed E-state index contributed by atoms with van der Waals surface area (Å²) in [6, 6.07) is 0.989. The van der Waals surface area contributed by atoms with Gasteiger partial charge in [0, 0.05) is 31.7 Å². The third kappa shape index (κ3) is 4.65. The molecule has 124 valence electrons. The van der Waals surface area contributed by atoms with Crippen molar-refractivity contribution < 1.29 is 8.42 Å². The fourth-order valence-corrected chi connectivity index (χ4v) is 4.74. The van der Waals surface area contributed by atoms with Crippen molar-refractivity contribution in [2.45, 2.75) is 51.6 Å². The number of rotatable bonds is 5. The normalized spacial score (nSPS) is 28.6. The molecule has 2 heterocycles. The van der Waals surface area contributed by atoms with E-state index < -0.39 is 10.0 Å². The Morgan fingerprint density at radius 2 is 1.86 bits per heavy atom. The molecule has 2 aliphatic heterocycles. The summed E-state index contributed by atoms with van der Waals surface area (Å²) in [6.45, 7) is 7.75. The molecule has 0 radical (unpaired) electrons. The predicted molar refractivity (Wildman–Crippen MR) is 86.9 cm³/mol. The van der Waals surface area contributed by atoms with E-state index in [0.717, 1.165) is 18.8 Å². The Hall–Kier alpha value is -0.170. The lowest BCUT2D eigenvalue weighted by atomic mass is 9.90. The van der Waals surface area contributed by atoms with Crippen molar-refractivity contribution in [1.29, 1.82) is 0 Å². The van der Waals surface area contributed by atoms with E-state index in [4.69, 9.17) is 0 Å². The van der Waals surface area contributed by atoms with Gasteiger partial charge >= 0.3 is 0 Å². The summed E-state index contributed by atoms with van der Waals surface area (Å²) in [5.41, 5.74) is 0. The highest BCUT2D eigenvalue weighted by Crippen LogP contribution is 2.21. The Bertz CT molecular complexity index is 419. The van der Waals surface area contributed by atoms with Gasteiger partial charge in [-0.25, -0.2) is 12.7 Å². The van der Waals surface area contributed by atoms with E-state index in [1.165, 1.54) is 25.9 Å². The van der Waals surface area contributed by atoms with Gasteiger partial charge in [-0.1, -0.05) is 0 Å². The molecule has 0 aromatic carbocycles. The highest BCUT2D eigenvalue weighted by atomic mass is 32.2. The van der Waals surface area contributed by atoms with Gasteiger partial charge in [-0.3, -0.25) is 0 Å². The van der Waals surface area contributed by atoms with Crippen molar-refractivity contribution in [2.24, 2.45) is 5.92 Å². The van der Waals surface area contributed by atoms with Crippen LogP contribution < -0.4 is 5.32 Å². The second-order valence-electron chi connectivity index (χ2n) is 6.69. The van der Waals surface area contributed by atoms with Crippen LogP contribution in [0.4, 0.5) is 0 Å². The van der Waals surface area contributed by atoms with Gasteiger partial charge in [0.2, 0.25) is 10.0 Å². The molecule has 0 amide bonds. The van der Waals surface area contributed by atoms with Crippen LogP contribution in [-0.4, -0.2) is 68.7 Å². The molecular weight excluding hydrogens is 286 g/mol. The number of hydrogen-bond acceptors (Lipinski definition) is 4. The molecule has 2 unspecified atom stereocenters. The molecule has 21 heavy (non-hydrogen) atoms. The van der Waals surface area contributed by atoms with Gasteiger partial charge in [0.25, 0.3) is 0 Å². The van der Waals surface area contributed by atoms with Crippen molar-refractivity contribution in [2.75, 3.05) is 39.0 Å². The van der Waals surface area contributed by atoms with Crippen LogP contribution in [0, 0.1) is 5.92 Å². The van der Waals surface area contributed by atoms with Crippen LogP contribution in [0.1, 0.15) is 39.5 Å². The predicted octanol–water partition coefficient (Wildman–Crippen LogP) is 1.12. The number of nitrogens with one attached hydrogen (secondary N) is 1. The first-order valence-electron chi connectivity index (χ1n) is 8.34. The monoisotopic (exact) mass is 317 g/mol. The summed E-state index contributed by atoms with van der Waals surface area (Å²) >= 11 is 0. The van der Waals surface area contributed by atoms with Gasteiger partial charge in [0.15, 0.2) is 0 Å². The highest BCUT2D eigenvalue weighted by Gasteiger charge is 2.29. The molecule has 5 nitrogen and oxygen atoms in total. The number of piperidine rings is 2. The molecule has 2 saturated heterocycles. The molecule has 2 atom stereocenters. The quantitative estimate of drug-likeness (QED) is 0.826. The van der Waals surface area contributed by atoms with E-state index in [1.54, 1.807) is 11.2 Å². The zero-order valence-corrected chi connectivity index (χ0v) is 14.5. The number of sulfonamides is 1. The molecule has 6 heteroatoms. The molecule has 1 N–H and O–H groups in total. The standard InChI is InChI=1S/C15H31N3O2S/c1-4-21(19,20)18-10-7-15(8-11-18)16-13(2)14-6-5-9-17(3)12-14/h13-16H,4-12H2,1-3H3. The molecule has 0 aliphatic carbocycles. The first-order valence-corrected chi connectivity index (χ1v) is 9.95. The lowest BCUT2D eigenvalue weighted by Crippen LogP contribution is -2.51. The van der Waals surface area contributed by atoms with Gasteiger partial charge in [0.05, 0.1) is 5.75 Å². The summed E-state index contributed by atoms with van der Waals surface area (Å²) in [5.74, 6) is 0.941. The molecular formula is C15H31N3O2S.